The summed E-state index contributed by atoms with van der Waals surface area (Å²) in [6.07, 6.45) is 2.17. The highest BCUT2D eigenvalue weighted by molar-refractivity contribution is 6.30. The van der Waals surface area contributed by atoms with Crippen LogP contribution in [0.2, 0.25) is 5.02 Å². The lowest BCUT2D eigenvalue weighted by Crippen LogP contribution is -2.39. The highest BCUT2D eigenvalue weighted by Crippen LogP contribution is 2.22. The van der Waals surface area contributed by atoms with Gasteiger partial charge in [-0.2, -0.15) is 0 Å². The predicted molar refractivity (Wildman–Crippen MR) is 105 cm³/mol. The zero-order chi connectivity index (χ0) is 18.2. The van der Waals surface area contributed by atoms with Crippen LogP contribution in [0.4, 0.5) is 0 Å². The number of nitrogens with one attached hydrogen (secondary N) is 1. The number of carbonyl (C=O) groups excluding carboxylic acids is 1. The van der Waals surface area contributed by atoms with Crippen LogP contribution in [0.5, 0.6) is 0 Å². The van der Waals surface area contributed by atoms with Gasteiger partial charge in [-0.15, -0.1) is 0 Å². The minimum absolute atomic E-state index is 0.0667. The Kier molecular flexibility index (Phi) is 7.06. The standard InChI is InChI=1S/C21H25ClN2O2/c22-19-10-6-9-18(15-19)21(25)23-11-4-5-12-24-13-14-26-20(16-24)17-7-2-1-3-8-17/h1-3,6-10,15,20H,4-5,11-14,16H2,(H,23,25)/t20-/m1/s1. The highest BCUT2D eigenvalue weighted by atomic mass is 35.5. The van der Waals surface area contributed by atoms with Crippen molar-refractivity contribution in [3.63, 3.8) is 0 Å². The number of amides is 1. The summed E-state index contributed by atoms with van der Waals surface area (Å²) in [6, 6.07) is 17.4. The van der Waals surface area contributed by atoms with E-state index < -0.39 is 0 Å². The number of hydrogen-bond donors (Lipinski definition) is 1. The van der Waals surface area contributed by atoms with Crippen molar-refractivity contribution in [2.75, 3.05) is 32.8 Å². The molecule has 3 rings (SSSR count). The lowest BCUT2D eigenvalue weighted by molar-refractivity contribution is -0.0303. The third kappa shape index (κ3) is 5.56. The number of morpholine rings is 1. The van der Waals surface area contributed by atoms with Gasteiger partial charge in [0, 0.05) is 30.2 Å². The zero-order valence-electron chi connectivity index (χ0n) is 14.9. The SMILES string of the molecule is O=C(NCCCCN1CCO[C@@H](c2ccccc2)C1)c1cccc(Cl)c1. The Morgan fingerprint density at radius 1 is 1.15 bits per heavy atom. The summed E-state index contributed by atoms with van der Waals surface area (Å²) in [5, 5.41) is 3.54. The van der Waals surface area contributed by atoms with Gasteiger partial charge in [0.25, 0.3) is 5.91 Å². The Morgan fingerprint density at radius 2 is 2.00 bits per heavy atom. The van der Waals surface area contributed by atoms with Crippen LogP contribution in [0.3, 0.4) is 0 Å². The van der Waals surface area contributed by atoms with Crippen LogP contribution in [0.25, 0.3) is 0 Å². The second-order valence-corrected chi connectivity index (χ2v) is 6.98. The molecule has 4 nitrogen and oxygen atoms in total. The smallest absolute Gasteiger partial charge is 0.251 e. The topological polar surface area (TPSA) is 41.6 Å². The maximum Gasteiger partial charge on any atom is 0.251 e. The fourth-order valence-electron chi connectivity index (χ4n) is 3.17. The van der Waals surface area contributed by atoms with Crippen LogP contribution in [-0.2, 0) is 4.74 Å². The van der Waals surface area contributed by atoms with E-state index in [9.17, 15) is 4.79 Å². The third-order valence-electron chi connectivity index (χ3n) is 4.60. The Hall–Kier alpha value is -1.88. The van der Waals surface area contributed by atoms with Gasteiger partial charge in [0.1, 0.15) is 0 Å². The Labute approximate surface area is 160 Å². The third-order valence-corrected chi connectivity index (χ3v) is 4.83. The summed E-state index contributed by atoms with van der Waals surface area (Å²) in [4.78, 5) is 14.5. The Morgan fingerprint density at radius 3 is 2.81 bits per heavy atom. The molecule has 1 amide bonds. The molecule has 5 heteroatoms. The summed E-state index contributed by atoms with van der Waals surface area (Å²) in [5.74, 6) is -0.0667. The summed E-state index contributed by atoms with van der Waals surface area (Å²) < 4.78 is 5.90. The largest absolute Gasteiger partial charge is 0.371 e. The molecule has 0 bridgehead atoms. The lowest BCUT2D eigenvalue weighted by atomic mass is 10.1. The van der Waals surface area contributed by atoms with Gasteiger partial charge in [-0.3, -0.25) is 9.69 Å². The molecule has 1 aliphatic rings. The molecule has 0 unspecified atom stereocenters. The summed E-state index contributed by atoms with van der Waals surface area (Å²) in [7, 11) is 0. The molecular formula is C21H25ClN2O2. The van der Waals surface area contributed by atoms with E-state index in [-0.39, 0.29) is 12.0 Å². The number of ether oxygens (including phenoxy) is 1. The van der Waals surface area contributed by atoms with Crippen LogP contribution < -0.4 is 5.32 Å². The van der Waals surface area contributed by atoms with Gasteiger partial charge in [0.15, 0.2) is 0 Å². The van der Waals surface area contributed by atoms with Gasteiger partial charge >= 0.3 is 0 Å². The van der Waals surface area contributed by atoms with Crippen LogP contribution >= 0.6 is 11.6 Å². The van der Waals surface area contributed by atoms with Crippen molar-refractivity contribution in [2.45, 2.75) is 18.9 Å². The van der Waals surface area contributed by atoms with Crippen LogP contribution in [-0.4, -0.2) is 43.6 Å². The van der Waals surface area contributed by atoms with E-state index in [2.05, 4.69) is 34.5 Å². The van der Waals surface area contributed by atoms with Crippen molar-refractivity contribution in [1.82, 2.24) is 10.2 Å². The van der Waals surface area contributed by atoms with E-state index in [0.717, 1.165) is 39.1 Å². The van der Waals surface area contributed by atoms with Crippen molar-refractivity contribution in [3.8, 4) is 0 Å². The van der Waals surface area contributed by atoms with Crippen molar-refractivity contribution >= 4 is 17.5 Å². The van der Waals surface area contributed by atoms with Gasteiger partial charge in [-0.25, -0.2) is 0 Å². The van der Waals surface area contributed by atoms with Crippen LogP contribution in [0, 0.1) is 0 Å². The molecule has 1 atom stereocenters. The van der Waals surface area contributed by atoms with E-state index >= 15 is 0 Å². The molecule has 0 saturated carbocycles. The summed E-state index contributed by atoms with van der Waals surface area (Å²) in [5.41, 5.74) is 1.85. The molecule has 1 saturated heterocycles. The van der Waals surface area contributed by atoms with Gasteiger partial charge in [0.2, 0.25) is 0 Å². The molecule has 2 aromatic rings. The van der Waals surface area contributed by atoms with Crippen LogP contribution in [0.1, 0.15) is 34.9 Å². The monoisotopic (exact) mass is 372 g/mol. The first-order valence-electron chi connectivity index (χ1n) is 9.15. The Balaban J connectivity index is 1.35. The normalized spacial score (nSPS) is 17.8. The summed E-state index contributed by atoms with van der Waals surface area (Å²) in [6.45, 7) is 4.37. The van der Waals surface area contributed by atoms with Gasteiger partial charge in [-0.1, -0.05) is 48.0 Å². The lowest BCUT2D eigenvalue weighted by Gasteiger charge is -2.33. The van der Waals surface area contributed by atoms with E-state index in [1.54, 1.807) is 24.3 Å². The van der Waals surface area contributed by atoms with E-state index in [0.29, 0.717) is 17.1 Å². The van der Waals surface area contributed by atoms with Crippen molar-refractivity contribution < 1.29 is 9.53 Å². The molecule has 0 aromatic heterocycles. The highest BCUT2D eigenvalue weighted by Gasteiger charge is 2.21. The molecule has 0 aliphatic carbocycles. The number of carbonyl (C=O) groups is 1. The molecule has 1 N–H and O–H groups in total. The van der Waals surface area contributed by atoms with Crippen LogP contribution in [0.15, 0.2) is 54.6 Å². The maximum absolute atomic E-state index is 12.1. The number of nitrogens with zero attached hydrogens (tertiary/aromatic N) is 1. The molecule has 0 radical (unpaired) electrons. The second kappa shape index (κ2) is 9.72. The Bertz CT molecular complexity index is 708. The number of hydrogen-bond acceptors (Lipinski definition) is 3. The van der Waals surface area contributed by atoms with Crippen molar-refractivity contribution in [3.05, 3.63) is 70.7 Å². The molecule has 138 valence electrons. The molecule has 1 aliphatic heterocycles. The minimum Gasteiger partial charge on any atom is -0.371 e. The minimum atomic E-state index is -0.0667. The average Bonchev–Trinajstić information content (AvgIpc) is 2.68. The van der Waals surface area contributed by atoms with Crippen molar-refractivity contribution in [1.29, 1.82) is 0 Å². The van der Waals surface area contributed by atoms with E-state index in [1.165, 1.54) is 5.56 Å². The molecule has 26 heavy (non-hydrogen) atoms. The zero-order valence-corrected chi connectivity index (χ0v) is 15.6. The van der Waals surface area contributed by atoms with Crippen molar-refractivity contribution in [2.24, 2.45) is 0 Å². The average molecular weight is 373 g/mol. The van der Waals surface area contributed by atoms with E-state index in [1.807, 2.05) is 6.07 Å². The number of halogens is 1. The number of benzene rings is 2. The molecule has 0 spiro atoms. The number of rotatable bonds is 7. The number of unbranched alkanes of at least 4 members (excludes halogenated alkanes) is 1. The first kappa shape index (κ1) is 18.9. The first-order chi connectivity index (χ1) is 12.7. The quantitative estimate of drug-likeness (QED) is 0.749. The fraction of sp³-hybridized carbons (Fsp3) is 0.381. The fourth-order valence-corrected chi connectivity index (χ4v) is 3.36. The summed E-state index contributed by atoms with van der Waals surface area (Å²) >= 11 is 5.92. The van der Waals surface area contributed by atoms with Gasteiger partial charge in [-0.05, 0) is 43.1 Å². The molecule has 1 heterocycles. The predicted octanol–water partition coefficient (Wildman–Crippen LogP) is 3.92. The van der Waals surface area contributed by atoms with E-state index in [4.69, 9.17) is 16.3 Å². The molecular weight excluding hydrogens is 348 g/mol. The molecule has 1 fully saturated rings. The second-order valence-electron chi connectivity index (χ2n) is 6.54. The van der Waals surface area contributed by atoms with Gasteiger partial charge < -0.3 is 10.1 Å². The molecule has 2 aromatic carbocycles. The maximum atomic E-state index is 12.1. The first-order valence-corrected chi connectivity index (χ1v) is 9.53. The van der Waals surface area contributed by atoms with Gasteiger partial charge in [0.05, 0.1) is 12.7 Å².